The van der Waals surface area contributed by atoms with Crippen LogP contribution in [0.25, 0.3) is 319 Å². The Morgan fingerprint density at radius 3 is 0.762 bits per heavy atom. The molecule has 680 valence electrons. The first-order valence-corrected chi connectivity index (χ1v) is 50.7. The highest BCUT2D eigenvalue weighted by atomic mass is 16.3. The maximum absolute atomic E-state index is 7.42. The van der Waals surface area contributed by atoms with Gasteiger partial charge in [0.15, 0.2) is 0 Å². The molecule has 0 aliphatic heterocycles. The normalized spacial score (nSPS) is 11.9. The van der Waals surface area contributed by atoms with E-state index in [-0.39, 0.29) is 0 Å². The summed E-state index contributed by atoms with van der Waals surface area (Å²) in [6, 6.07) is 193. The van der Waals surface area contributed by atoms with Crippen molar-refractivity contribution in [1.29, 1.82) is 0 Å². The second kappa shape index (κ2) is 33.7. The summed E-state index contributed by atoms with van der Waals surface area (Å²) in [5, 5.41) is 27.6. The molecule has 3 aromatic heterocycles. The van der Waals surface area contributed by atoms with E-state index < -0.39 is 0 Å². The lowest BCUT2D eigenvalue weighted by Gasteiger charge is -2.20. The lowest BCUT2D eigenvalue weighted by atomic mass is 9.83. The van der Waals surface area contributed by atoms with E-state index >= 15 is 0 Å². The molecule has 0 radical (unpaired) electrons. The SMILES string of the molecule is c1ccc(-c2ccc(-c3c4ccccc4c(-c4ccc(-c5cc6c7ccccc7oc6c6cc(-c7ccc(-c8cccc(-c9c%10ccccc%10c(-c%10ccc(-c%11cc%12c%13ccccc%13oc%12c%12ccccc%11%12)cc%10)c%10ccccc9%10)c8)cc7-c7ccc8c(c7)oc7c9ccccc9c(-c9ccc(-c%10c%11ccccc%11c(-c%11ccccc%11-c%11ccccc%11)c%11ccccc%10%11)cc9)cc87)ccc56)cc4)c4ccccc34)cc2)cc1. The molecule has 0 bridgehead atoms. The summed E-state index contributed by atoms with van der Waals surface area (Å²) in [6.07, 6.45) is 0. The van der Waals surface area contributed by atoms with E-state index in [0.29, 0.717) is 0 Å². The van der Waals surface area contributed by atoms with E-state index in [2.05, 4.69) is 516 Å². The first kappa shape index (κ1) is 83.5. The number of rotatable bonds is 14. The van der Waals surface area contributed by atoms with Crippen molar-refractivity contribution in [2.75, 3.05) is 0 Å². The molecule has 27 aromatic carbocycles. The molecule has 0 N–H and O–H groups in total. The second-order valence-corrected chi connectivity index (χ2v) is 39.2. The summed E-state index contributed by atoms with van der Waals surface area (Å²) in [4.78, 5) is 0. The van der Waals surface area contributed by atoms with E-state index in [4.69, 9.17) is 13.3 Å². The van der Waals surface area contributed by atoms with Crippen molar-refractivity contribution in [2.24, 2.45) is 0 Å². The Bertz CT molecular complexity index is 10500. The van der Waals surface area contributed by atoms with Crippen LogP contribution in [-0.2, 0) is 0 Å². The lowest BCUT2D eigenvalue weighted by molar-refractivity contribution is 0.672. The summed E-state index contributed by atoms with van der Waals surface area (Å²) in [7, 11) is 0. The van der Waals surface area contributed by atoms with Crippen LogP contribution in [0.3, 0.4) is 0 Å². The van der Waals surface area contributed by atoms with E-state index in [9.17, 15) is 0 Å². The van der Waals surface area contributed by atoms with Gasteiger partial charge in [0.1, 0.15) is 33.5 Å². The van der Waals surface area contributed by atoms with Crippen LogP contribution in [0.2, 0.25) is 0 Å². The number of hydrogen-bond donors (Lipinski definition) is 0. The minimum Gasteiger partial charge on any atom is -0.455 e. The topological polar surface area (TPSA) is 39.4 Å². The molecule has 30 aromatic rings. The fourth-order valence-corrected chi connectivity index (χ4v) is 24.6. The van der Waals surface area contributed by atoms with Crippen LogP contribution in [0, 0.1) is 0 Å². The molecule has 3 heteroatoms. The maximum atomic E-state index is 7.42. The third-order valence-corrected chi connectivity index (χ3v) is 31.3. The number of hydrogen-bond acceptors (Lipinski definition) is 3. The molecule has 3 heterocycles. The zero-order valence-corrected chi connectivity index (χ0v) is 79.9. The van der Waals surface area contributed by atoms with Gasteiger partial charge in [-0.2, -0.15) is 0 Å². The van der Waals surface area contributed by atoms with E-state index in [1.165, 1.54) is 137 Å². The molecular weight excluding hydrogens is 1780 g/mol. The highest BCUT2D eigenvalue weighted by Crippen LogP contribution is 2.54. The Morgan fingerprint density at radius 2 is 0.333 bits per heavy atom. The lowest BCUT2D eigenvalue weighted by Crippen LogP contribution is -1.92. The van der Waals surface area contributed by atoms with Gasteiger partial charge in [0.2, 0.25) is 0 Å². The van der Waals surface area contributed by atoms with Gasteiger partial charge in [0.05, 0.1) is 0 Å². The summed E-state index contributed by atoms with van der Waals surface area (Å²) >= 11 is 0. The molecule has 3 nitrogen and oxygen atoms in total. The zero-order chi connectivity index (χ0) is 96.4. The highest BCUT2D eigenvalue weighted by molar-refractivity contribution is 6.28. The van der Waals surface area contributed by atoms with Gasteiger partial charge in [0, 0.05) is 48.5 Å². The molecule has 0 saturated carbocycles. The van der Waals surface area contributed by atoms with Gasteiger partial charge in [-0.25, -0.2) is 0 Å². The molecule has 147 heavy (non-hydrogen) atoms. The number of furan rings is 3. The van der Waals surface area contributed by atoms with Crippen LogP contribution in [-0.4, -0.2) is 0 Å². The van der Waals surface area contributed by atoms with Gasteiger partial charge < -0.3 is 13.3 Å². The fourth-order valence-electron chi connectivity index (χ4n) is 24.6. The van der Waals surface area contributed by atoms with Gasteiger partial charge in [0.25, 0.3) is 0 Å². The summed E-state index contributed by atoms with van der Waals surface area (Å²) in [6.45, 7) is 0. The van der Waals surface area contributed by atoms with Gasteiger partial charge >= 0.3 is 0 Å². The summed E-state index contributed by atoms with van der Waals surface area (Å²) in [5.74, 6) is 0. The minimum atomic E-state index is 0.807. The first-order valence-electron chi connectivity index (χ1n) is 50.7. The van der Waals surface area contributed by atoms with Crippen LogP contribution >= 0.6 is 0 Å². The third kappa shape index (κ3) is 13.4. The molecule has 0 atom stereocenters. The van der Waals surface area contributed by atoms with Crippen LogP contribution in [0.4, 0.5) is 0 Å². The van der Waals surface area contributed by atoms with Crippen molar-refractivity contribution in [3.8, 4) is 156 Å². The molecule has 0 saturated heterocycles. The molecule has 0 unspecified atom stereocenters. The average molecular weight is 1860 g/mol. The van der Waals surface area contributed by atoms with Crippen molar-refractivity contribution in [3.05, 3.63) is 522 Å². The van der Waals surface area contributed by atoms with Crippen LogP contribution in [0.5, 0.6) is 0 Å². The Labute approximate surface area is 847 Å². The standard InChI is InChI=1S/C144H86O3/c1-3-30-87(31-4-1)88-58-66-93(67-59-88)136-111-42-11-13-44-113(111)137(114-45-14-12-43-112(114)136)94-72-64-92(65-73-94)128-86-131-108-40-26-28-57-134(108)146-144(131)129-82-99(75-78-106(128)129)103-77-74-98(97-34-29-35-101(80-97)140-117-48-17-15-46-115(117)138(116-47-16-18-49-118(116)140)95-68-60-90(61-69-95)126-84-130-107-39-25-27-56-133(107)145-142(130)123-54-23-8-37-104(123)126)81-125(103)100-76-79-109-132-85-127(105-38-9-24-55-124(105)143(132)147-135(109)83-100)91-62-70-96(71-63-91)139-119-50-19-21-52-121(119)141(122-53-22-20-51-120(122)139)110-41-10-7-36-102(110)89-32-5-2-6-33-89/h1-86H. The Morgan fingerprint density at radius 1 is 0.0884 bits per heavy atom. The van der Waals surface area contributed by atoms with Crippen molar-refractivity contribution < 1.29 is 13.3 Å². The van der Waals surface area contributed by atoms with Crippen molar-refractivity contribution in [2.45, 2.75) is 0 Å². The third-order valence-electron chi connectivity index (χ3n) is 31.3. The molecular formula is C144H86O3. The predicted octanol–water partition coefficient (Wildman–Crippen LogP) is 41.1. The molecule has 0 fully saturated rings. The first-order chi connectivity index (χ1) is 72.9. The predicted molar refractivity (Wildman–Crippen MR) is 622 cm³/mol. The molecule has 0 spiro atoms. The van der Waals surface area contributed by atoms with Crippen molar-refractivity contribution in [1.82, 2.24) is 0 Å². The fraction of sp³-hybridized carbons (Fsp3) is 0. The molecule has 0 aliphatic carbocycles. The van der Waals surface area contributed by atoms with Crippen molar-refractivity contribution >= 4 is 163 Å². The van der Waals surface area contributed by atoms with Gasteiger partial charge in [-0.1, -0.05) is 461 Å². The largest absolute Gasteiger partial charge is 0.455 e. The van der Waals surface area contributed by atoms with Gasteiger partial charge in [-0.3, -0.25) is 0 Å². The monoisotopic (exact) mass is 1860 g/mol. The Kier molecular flexibility index (Phi) is 19.1. The second-order valence-electron chi connectivity index (χ2n) is 39.2. The molecule has 0 amide bonds. The van der Waals surface area contributed by atoms with E-state index in [1.807, 2.05) is 6.07 Å². The number of benzene rings is 27. The van der Waals surface area contributed by atoms with Gasteiger partial charge in [-0.05, 0) is 297 Å². The minimum absolute atomic E-state index is 0.807. The quantitative estimate of drug-likeness (QED) is 0.102. The Balaban J connectivity index is 0.559. The van der Waals surface area contributed by atoms with Crippen molar-refractivity contribution in [3.63, 3.8) is 0 Å². The van der Waals surface area contributed by atoms with Crippen LogP contribution < -0.4 is 0 Å². The zero-order valence-electron chi connectivity index (χ0n) is 79.9. The molecule has 0 aliphatic rings. The van der Waals surface area contributed by atoms with Crippen LogP contribution in [0.1, 0.15) is 0 Å². The van der Waals surface area contributed by atoms with Crippen LogP contribution in [0.15, 0.2) is 535 Å². The number of fused-ring (bicyclic) bond motifs is 21. The van der Waals surface area contributed by atoms with Gasteiger partial charge in [-0.15, -0.1) is 0 Å². The Hall–Kier alpha value is -19.3. The highest BCUT2D eigenvalue weighted by Gasteiger charge is 2.28. The van der Waals surface area contributed by atoms with E-state index in [1.54, 1.807) is 0 Å². The van der Waals surface area contributed by atoms with E-state index in [0.717, 1.165) is 182 Å². The average Bonchev–Trinajstić information content (AvgIpc) is 1.61. The summed E-state index contributed by atoms with van der Waals surface area (Å²) in [5.41, 5.74) is 37.6. The molecule has 30 rings (SSSR count). The smallest absolute Gasteiger partial charge is 0.143 e. The summed E-state index contributed by atoms with van der Waals surface area (Å²) < 4.78 is 21.2. The maximum Gasteiger partial charge on any atom is 0.143 e. The number of para-hydroxylation sites is 2.